The van der Waals surface area contributed by atoms with Gasteiger partial charge in [0.25, 0.3) is 0 Å². The summed E-state index contributed by atoms with van der Waals surface area (Å²) in [7, 11) is 0. The van der Waals surface area contributed by atoms with Gasteiger partial charge in [-0.25, -0.2) is 4.79 Å². The van der Waals surface area contributed by atoms with Crippen molar-refractivity contribution in [1.82, 2.24) is 0 Å². The maximum atomic E-state index is 11.0. The Bertz CT molecular complexity index is 606. The van der Waals surface area contributed by atoms with Crippen LogP contribution in [0.25, 0.3) is 11.0 Å². The number of carbonyl (C=O) groups is 1. The molecule has 0 unspecified atom stereocenters. The van der Waals surface area contributed by atoms with Gasteiger partial charge in [-0.05, 0) is 22.0 Å². The topological polar surface area (TPSA) is 67.5 Å². The molecule has 1 aromatic heterocycles. The van der Waals surface area contributed by atoms with Gasteiger partial charge >= 0.3 is 5.63 Å². The van der Waals surface area contributed by atoms with Crippen LogP contribution in [-0.4, -0.2) is 11.4 Å². The van der Waals surface area contributed by atoms with Crippen LogP contribution >= 0.6 is 15.9 Å². The molecule has 6 heteroatoms. The number of aldehydes is 1. The van der Waals surface area contributed by atoms with Crippen LogP contribution in [-0.2, 0) is 0 Å². The molecular weight excluding hydrogens is 491 g/mol. The molecule has 0 bridgehead atoms. The van der Waals surface area contributed by atoms with Crippen molar-refractivity contribution in [3.05, 3.63) is 38.7 Å². The second-order valence-electron chi connectivity index (χ2n) is 2.94. The zero-order chi connectivity index (χ0) is 11.0. The van der Waals surface area contributed by atoms with Gasteiger partial charge in [0.05, 0.1) is 4.47 Å². The van der Waals surface area contributed by atoms with Gasteiger partial charge in [-0.2, -0.15) is 0 Å². The van der Waals surface area contributed by atoms with Gasteiger partial charge in [0.15, 0.2) is 6.29 Å². The SMILES string of the molecule is O=Cc1cc(=O)oc2cc(O)c(Br)cc12.[Ac]. The Morgan fingerprint density at radius 2 is 2.00 bits per heavy atom. The molecule has 16 heavy (non-hydrogen) atoms. The number of fused-ring (bicyclic) bond motifs is 1. The van der Waals surface area contributed by atoms with E-state index < -0.39 is 5.63 Å². The summed E-state index contributed by atoms with van der Waals surface area (Å²) >= 11 is 3.11. The number of aromatic hydroxyl groups is 1. The molecular formula is C10H5AcBrO4. The summed E-state index contributed by atoms with van der Waals surface area (Å²) in [5.41, 5.74) is -0.196. The molecule has 1 N–H and O–H groups in total. The van der Waals surface area contributed by atoms with E-state index in [1.54, 1.807) is 0 Å². The number of rotatable bonds is 1. The molecule has 0 aliphatic rings. The van der Waals surface area contributed by atoms with Crippen LogP contribution in [0.3, 0.4) is 0 Å². The van der Waals surface area contributed by atoms with Gasteiger partial charge < -0.3 is 9.52 Å². The molecule has 4 nitrogen and oxygen atoms in total. The van der Waals surface area contributed by atoms with E-state index in [-0.39, 0.29) is 61.0 Å². The van der Waals surface area contributed by atoms with E-state index in [2.05, 4.69) is 15.9 Å². The second-order valence-corrected chi connectivity index (χ2v) is 3.79. The number of phenols is 1. The van der Waals surface area contributed by atoms with Gasteiger partial charge in [0.2, 0.25) is 0 Å². The largest absolute Gasteiger partial charge is 0.507 e. The van der Waals surface area contributed by atoms with Crippen molar-refractivity contribution < 1.29 is 58.4 Å². The van der Waals surface area contributed by atoms with Crippen molar-refractivity contribution in [2.45, 2.75) is 0 Å². The maximum absolute atomic E-state index is 11.0. The molecule has 0 aliphatic carbocycles. The first-order valence-electron chi connectivity index (χ1n) is 4.03. The van der Waals surface area contributed by atoms with Gasteiger partial charge in [0, 0.05) is 67.1 Å². The second kappa shape index (κ2) is 5.44. The summed E-state index contributed by atoms with van der Waals surface area (Å²) in [6.07, 6.45) is 0.572. The molecule has 0 amide bonds. The van der Waals surface area contributed by atoms with Crippen LogP contribution in [0.5, 0.6) is 5.75 Å². The number of phenolic OH excluding ortho intramolecular Hbond substituents is 1. The Kier molecular flexibility index (Phi) is 4.72. The van der Waals surface area contributed by atoms with Crippen molar-refractivity contribution in [2.24, 2.45) is 0 Å². The van der Waals surface area contributed by atoms with Crippen molar-refractivity contribution in [1.29, 1.82) is 0 Å². The van der Waals surface area contributed by atoms with E-state index >= 15 is 0 Å². The van der Waals surface area contributed by atoms with Gasteiger partial charge in [0.1, 0.15) is 11.3 Å². The molecule has 2 aromatic rings. The zero-order valence-corrected chi connectivity index (χ0v) is 14.3. The molecule has 0 spiro atoms. The van der Waals surface area contributed by atoms with Crippen LogP contribution in [0, 0.1) is 44.1 Å². The van der Waals surface area contributed by atoms with E-state index in [9.17, 15) is 14.7 Å². The third-order valence-electron chi connectivity index (χ3n) is 1.97. The number of halogens is 1. The van der Waals surface area contributed by atoms with Gasteiger partial charge in [-0.1, -0.05) is 0 Å². The molecule has 0 saturated carbocycles. The maximum Gasteiger partial charge on any atom is 0.336 e. The Morgan fingerprint density at radius 3 is 2.62 bits per heavy atom. The molecule has 0 fully saturated rings. The van der Waals surface area contributed by atoms with Crippen LogP contribution in [0.4, 0.5) is 0 Å². The van der Waals surface area contributed by atoms with Crippen LogP contribution in [0.15, 0.2) is 31.9 Å². The van der Waals surface area contributed by atoms with Crippen LogP contribution in [0.1, 0.15) is 10.4 Å². The van der Waals surface area contributed by atoms with E-state index in [0.717, 1.165) is 6.07 Å². The van der Waals surface area contributed by atoms with Crippen LogP contribution in [0.2, 0.25) is 0 Å². The number of hydrogen-bond acceptors (Lipinski definition) is 4. The van der Waals surface area contributed by atoms with Gasteiger partial charge in [-0.15, -0.1) is 0 Å². The first-order valence-corrected chi connectivity index (χ1v) is 4.82. The standard InChI is InChI=1S/C10H5BrO4.Ac/c11-7-2-6-5(4-12)1-10(14)15-9(6)3-8(7)13;/h1-4,13H;. The molecule has 1 aromatic carbocycles. The van der Waals surface area contributed by atoms with E-state index in [0.29, 0.717) is 16.1 Å². The van der Waals surface area contributed by atoms with Crippen LogP contribution < -0.4 is 5.63 Å². The fraction of sp³-hybridized carbons (Fsp3) is 0. The van der Waals surface area contributed by atoms with Crippen molar-refractivity contribution in [3.63, 3.8) is 0 Å². The first-order chi connectivity index (χ1) is 7.11. The summed E-state index contributed by atoms with van der Waals surface area (Å²) in [4.78, 5) is 21.8. The smallest absolute Gasteiger partial charge is 0.336 e. The Labute approximate surface area is 134 Å². The molecule has 2 rings (SSSR count). The minimum Gasteiger partial charge on any atom is -0.507 e. The molecule has 1 radical (unpaired) electrons. The third-order valence-corrected chi connectivity index (χ3v) is 2.61. The fourth-order valence-electron chi connectivity index (χ4n) is 1.29. The normalized spacial score (nSPS) is 9.81. The van der Waals surface area contributed by atoms with Crippen molar-refractivity contribution >= 4 is 33.2 Å². The third kappa shape index (κ3) is 2.55. The summed E-state index contributed by atoms with van der Waals surface area (Å²) in [6, 6.07) is 3.92. The Morgan fingerprint density at radius 1 is 1.31 bits per heavy atom. The average molecular weight is 496 g/mol. The molecule has 1 heterocycles. The number of hydrogen-bond donors (Lipinski definition) is 1. The van der Waals surface area contributed by atoms with Crippen molar-refractivity contribution in [2.75, 3.05) is 0 Å². The first kappa shape index (κ1) is 13.9. The predicted molar refractivity (Wildman–Crippen MR) is 57.2 cm³/mol. The fourth-order valence-corrected chi connectivity index (χ4v) is 1.64. The molecule has 0 aliphatic heterocycles. The van der Waals surface area contributed by atoms with E-state index in [1.807, 2.05) is 0 Å². The van der Waals surface area contributed by atoms with E-state index in [1.165, 1.54) is 12.1 Å². The molecule has 0 saturated heterocycles. The molecule has 79 valence electrons. The number of benzene rings is 1. The summed E-state index contributed by atoms with van der Waals surface area (Å²) in [5, 5.41) is 9.86. The summed E-state index contributed by atoms with van der Waals surface area (Å²) < 4.78 is 5.28. The minimum atomic E-state index is -0.619. The average Bonchev–Trinajstić information content (AvgIpc) is 2.19. The summed E-state index contributed by atoms with van der Waals surface area (Å²) in [6.45, 7) is 0. The molecule has 0 atom stereocenters. The Balaban J connectivity index is 0.00000128. The zero-order valence-electron chi connectivity index (χ0n) is 7.94. The quantitative estimate of drug-likeness (QED) is 0.486. The monoisotopic (exact) mass is 495 g/mol. The Hall–Kier alpha value is -0.178. The minimum absolute atomic E-state index is 0. The summed E-state index contributed by atoms with van der Waals surface area (Å²) in [5.74, 6) is -0.0475. The van der Waals surface area contributed by atoms with Crippen molar-refractivity contribution in [3.8, 4) is 5.75 Å². The van der Waals surface area contributed by atoms with Gasteiger partial charge in [-0.3, -0.25) is 4.79 Å². The number of carbonyl (C=O) groups excluding carboxylic acids is 1. The predicted octanol–water partition coefficient (Wildman–Crippen LogP) is 2.07. The van der Waals surface area contributed by atoms with E-state index in [4.69, 9.17) is 4.42 Å².